The number of anilines is 1. The van der Waals surface area contributed by atoms with Crippen LogP contribution in [0.15, 0.2) is 52.6 Å². The molecule has 2 heterocycles. The van der Waals surface area contributed by atoms with Crippen molar-refractivity contribution in [2.45, 2.75) is 4.21 Å². The Kier molecular flexibility index (Phi) is 3.66. The summed E-state index contributed by atoms with van der Waals surface area (Å²) in [6.07, 6.45) is 2.85. The lowest BCUT2D eigenvalue weighted by molar-refractivity contribution is 0.603. The molecule has 0 fully saturated rings. The van der Waals surface area contributed by atoms with Gasteiger partial charge < -0.3 is 0 Å². The molecule has 108 valence electrons. The molecule has 0 atom stereocenters. The van der Waals surface area contributed by atoms with Gasteiger partial charge in [-0.15, -0.1) is 11.3 Å². The van der Waals surface area contributed by atoms with E-state index in [1.54, 1.807) is 23.6 Å². The lowest BCUT2D eigenvalue weighted by atomic mass is 10.3. The number of halogens is 1. The molecule has 3 rings (SSSR count). The first-order chi connectivity index (χ1) is 10.1. The molecule has 0 unspecified atom stereocenters. The number of sulfonamides is 1. The van der Waals surface area contributed by atoms with Gasteiger partial charge in [-0.2, -0.15) is 5.10 Å². The molecule has 0 amide bonds. The van der Waals surface area contributed by atoms with E-state index in [0.717, 1.165) is 11.3 Å². The summed E-state index contributed by atoms with van der Waals surface area (Å²) in [7, 11) is -3.65. The Morgan fingerprint density at radius 3 is 2.81 bits per heavy atom. The quantitative estimate of drug-likeness (QED) is 0.792. The second kappa shape index (κ2) is 5.47. The highest BCUT2D eigenvalue weighted by Gasteiger charge is 2.18. The molecule has 0 aliphatic carbocycles. The second-order valence-electron chi connectivity index (χ2n) is 4.04. The largest absolute Gasteiger partial charge is 0.277 e. The number of nitrogens with one attached hydrogen (secondary N) is 1. The molecular formula is C12H9ClN4O2S2. The molecule has 6 nitrogen and oxygen atoms in total. The Bertz CT molecular complexity index is 846. The highest BCUT2D eigenvalue weighted by Crippen LogP contribution is 2.27. The number of benzene rings is 1. The van der Waals surface area contributed by atoms with Crippen molar-refractivity contribution in [3.63, 3.8) is 0 Å². The summed E-state index contributed by atoms with van der Waals surface area (Å²) < 4.78 is 28.8. The smallest absolute Gasteiger partial charge is 0.271 e. The monoisotopic (exact) mass is 340 g/mol. The van der Waals surface area contributed by atoms with E-state index in [-0.39, 0.29) is 4.21 Å². The molecule has 0 bridgehead atoms. The third-order valence-electron chi connectivity index (χ3n) is 2.63. The van der Waals surface area contributed by atoms with Crippen LogP contribution < -0.4 is 4.72 Å². The Balaban J connectivity index is 2.05. The Hall–Kier alpha value is -1.90. The summed E-state index contributed by atoms with van der Waals surface area (Å²) in [5, 5.41) is 6.12. The number of rotatable bonds is 4. The van der Waals surface area contributed by atoms with E-state index in [2.05, 4.69) is 14.8 Å². The molecule has 21 heavy (non-hydrogen) atoms. The predicted octanol–water partition coefficient (Wildman–Crippen LogP) is 2.78. The molecule has 1 aromatic carbocycles. The molecule has 0 aliphatic rings. The summed E-state index contributed by atoms with van der Waals surface area (Å²) in [6, 6.07) is 8.07. The first-order valence-corrected chi connectivity index (χ1v) is 8.51. The third kappa shape index (κ3) is 2.92. The minimum absolute atomic E-state index is 0.229. The summed E-state index contributed by atoms with van der Waals surface area (Å²) in [4.78, 5) is 3.85. The maximum absolute atomic E-state index is 12.3. The molecule has 9 heteroatoms. The normalized spacial score (nSPS) is 11.5. The minimum Gasteiger partial charge on any atom is -0.277 e. The third-order valence-corrected chi connectivity index (χ3v) is 5.63. The van der Waals surface area contributed by atoms with Crippen molar-refractivity contribution in [1.82, 2.24) is 14.8 Å². The molecule has 0 radical (unpaired) electrons. The second-order valence-corrected chi connectivity index (χ2v) is 7.33. The average Bonchev–Trinajstić information content (AvgIpc) is 3.12. The lowest BCUT2D eigenvalue weighted by Gasteiger charge is -2.11. The fourth-order valence-electron chi connectivity index (χ4n) is 1.73. The summed E-state index contributed by atoms with van der Waals surface area (Å²) in [5.41, 5.74) is 0.874. The fourth-order valence-corrected chi connectivity index (χ4v) is 3.96. The molecule has 1 N–H and O–H groups in total. The van der Waals surface area contributed by atoms with Crippen LogP contribution in [0.3, 0.4) is 0 Å². The first kappa shape index (κ1) is 14.1. The molecule has 3 aromatic rings. The lowest BCUT2D eigenvalue weighted by Crippen LogP contribution is -2.13. The van der Waals surface area contributed by atoms with Gasteiger partial charge >= 0.3 is 0 Å². The van der Waals surface area contributed by atoms with Gasteiger partial charge in [-0.3, -0.25) is 4.72 Å². The molecule has 0 saturated carbocycles. The topological polar surface area (TPSA) is 76.9 Å². The zero-order valence-electron chi connectivity index (χ0n) is 10.5. The minimum atomic E-state index is -3.65. The SMILES string of the molecule is O=S(=O)(Nc1cc(Cl)ccc1-n1cncn1)c1cccs1. The zero-order valence-corrected chi connectivity index (χ0v) is 12.9. The van der Waals surface area contributed by atoms with Crippen LogP contribution in [-0.2, 0) is 10.0 Å². The zero-order chi connectivity index (χ0) is 14.9. The van der Waals surface area contributed by atoms with Gasteiger partial charge in [-0.05, 0) is 29.6 Å². The molecule has 0 spiro atoms. The van der Waals surface area contributed by atoms with E-state index in [1.165, 1.54) is 29.5 Å². The van der Waals surface area contributed by atoms with Crippen LogP contribution in [0.25, 0.3) is 5.69 Å². The molecule has 0 aliphatic heterocycles. The van der Waals surface area contributed by atoms with E-state index >= 15 is 0 Å². The van der Waals surface area contributed by atoms with Crippen molar-refractivity contribution >= 4 is 38.6 Å². The van der Waals surface area contributed by atoms with Crippen molar-refractivity contribution in [3.8, 4) is 5.69 Å². The highest BCUT2D eigenvalue weighted by molar-refractivity contribution is 7.94. The number of aromatic nitrogens is 3. The summed E-state index contributed by atoms with van der Waals surface area (Å²) in [5.74, 6) is 0. The summed E-state index contributed by atoms with van der Waals surface area (Å²) in [6.45, 7) is 0. The summed E-state index contributed by atoms with van der Waals surface area (Å²) >= 11 is 7.09. The van der Waals surface area contributed by atoms with Crippen LogP contribution in [-0.4, -0.2) is 23.2 Å². The van der Waals surface area contributed by atoms with Gasteiger partial charge in [0.25, 0.3) is 10.0 Å². The van der Waals surface area contributed by atoms with Crippen LogP contribution in [0, 0.1) is 0 Å². The van der Waals surface area contributed by atoms with Gasteiger partial charge in [0.15, 0.2) is 0 Å². The van der Waals surface area contributed by atoms with Gasteiger partial charge in [0.1, 0.15) is 16.9 Å². The molecular weight excluding hydrogens is 332 g/mol. The van der Waals surface area contributed by atoms with Gasteiger partial charge in [-0.1, -0.05) is 17.7 Å². The maximum atomic E-state index is 12.3. The van der Waals surface area contributed by atoms with E-state index < -0.39 is 10.0 Å². The van der Waals surface area contributed by atoms with E-state index in [4.69, 9.17) is 11.6 Å². The van der Waals surface area contributed by atoms with Crippen LogP contribution >= 0.6 is 22.9 Å². The maximum Gasteiger partial charge on any atom is 0.271 e. The average molecular weight is 341 g/mol. The number of hydrogen-bond donors (Lipinski definition) is 1. The van der Waals surface area contributed by atoms with Crippen molar-refractivity contribution in [2.75, 3.05) is 4.72 Å². The standard InChI is InChI=1S/C12H9ClN4O2S2/c13-9-3-4-11(17-8-14-7-15-17)10(6-9)16-21(18,19)12-2-1-5-20-12/h1-8,16H. The van der Waals surface area contributed by atoms with Crippen molar-refractivity contribution in [2.24, 2.45) is 0 Å². The van der Waals surface area contributed by atoms with Gasteiger partial charge in [0, 0.05) is 5.02 Å². The van der Waals surface area contributed by atoms with E-state index in [0.29, 0.717) is 16.4 Å². The molecule has 2 aromatic heterocycles. The van der Waals surface area contributed by atoms with Crippen molar-refractivity contribution in [1.29, 1.82) is 0 Å². The van der Waals surface area contributed by atoms with Crippen LogP contribution in [0.1, 0.15) is 0 Å². The first-order valence-electron chi connectivity index (χ1n) is 5.77. The predicted molar refractivity (Wildman–Crippen MR) is 81.5 cm³/mol. The fraction of sp³-hybridized carbons (Fsp3) is 0. The number of nitrogens with zero attached hydrogens (tertiary/aromatic N) is 3. The van der Waals surface area contributed by atoms with Crippen LogP contribution in [0.5, 0.6) is 0 Å². The van der Waals surface area contributed by atoms with Crippen LogP contribution in [0.2, 0.25) is 5.02 Å². The number of thiophene rings is 1. The van der Waals surface area contributed by atoms with E-state index in [9.17, 15) is 8.42 Å². The van der Waals surface area contributed by atoms with Crippen LogP contribution in [0.4, 0.5) is 5.69 Å². The Labute approximate surface area is 130 Å². The Morgan fingerprint density at radius 2 is 2.14 bits per heavy atom. The van der Waals surface area contributed by atoms with Gasteiger partial charge in [0.05, 0.1) is 11.4 Å². The van der Waals surface area contributed by atoms with Crippen molar-refractivity contribution in [3.05, 3.63) is 53.4 Å². The number of hydrogen-bond acceptors (Lipinski definition) is 5. The molecule has 0 saturated heterocycles. The van der Waals surface area contributed by atoms with Gasteiger partial charge in [-0.25, -0.2) is 18.1 Å². The van der Waals surface area contributed by atoms with E-state index in [1.807, 2.05) is 0 Å². The highest BCUT2D eigenvalue weighted by atomic mass is 35.5. The Morgan fingerprint density at radius 1 is 1.29 bits per heavy atom. The van der Waals surface area contributed by atoms with Crippen molar-refractivity contribution < 1.29 is 8.42 Å². The van der Waals surface area contributed by atoms with Gasteiger partial charge in [0.2, 0.25) is 0 Å².